The molecule has 1 aliphatic heterocycles. The van der Waals surface area contributed by atoms with E-state index in [-0.39, 0.29) is 5.91 Å². The van der Waals surface area contributed by atoms with E-state index in [2.05, 4.69) is 14.9 Å². The van der Waals surface area contributed by atoms with Crippen molar-refractivity contribution < 1.29 is 4.79 Å². The van der Waals surface area contributed by atoms with Crippen LogP contribution >= 0.6 is 0 Å². The van der Waals surface area contributed by atoms with Crippen LogP contribution in [0.15, 0.2) is 6.07 Å². The van der Waals surface area contributed by atoms with Crippen molar-refractivity contribution in [2.75, 3.05) is 31.1 Å². The zero-order valence-corrected chi connectivity index (χ0v) is 12.7. The van der Waals surface area contributed by atoms with Gasteiger partial charge in [-0.2, -0.15) is 0 Å². The third-order valence-electron chi connectivity index (χ3n) is 3.75. The molecule has 5 nitrogen and oxygen atoms in total. The Morgan fingerprint density at radius 1 is 1.20 bits per heavy atom. The lowest BCUT2D eigenvalue weighted by Gasteiger charge is -2.27. The maximum absolute atomic E-state index is 12.4. The van der Waals surface area contributed by atoms with E-state index in [1.165, 1.54) is 19.3 Å². The number of anilines is 1. The lowest BCUT2D eigenvalue weighted by Crippen LogP contribution is -2.34. The van der Waals surface area contributed by atoms with Crippen molar-refractivity contribution in [3.8, 4) is 0 Å². The number of carbonyl (C=O) groups excluding carboxylic acids is 1. The van der Waals surface area contributed by atoms with Gasteiger partial charge in [-0.1, -0.05) is 0 Å². The Bertz CT molecular complexity index is 465. The summed E-state index contributed by atoms with van der Waals surface area (Å²) < 4.78 is 0. The van der Waals surface area contributed by atoms with Gasteiger partial charge in [0.2, 0.25) is 5.95 Å². The number of carbonyl (C=O) groups is 1. The first-order chi connectivity index (χ1) is 9.65. The maximum atomic E-state index is 12.4. The molecule has 110 valence electrons. The molecule has 2 heterocycles. The van der Waals surface area contributed by atoms with Gasteiger partial charge < -0.3 is 9.80 Å². The summed E-state index contributed by atoms with van der Waals surface area (Å²) in [5.41, 5.74) is 1.37. The number of nitrogens with zero attached hydrogens (tertiary/aromatic N) is 4. The van der Waals surface area contributed by atoms with Crippen LogP contribution in [0.2, 0.25) is 0 Å². The lowest BCUT2D eigenvalue weighted by molar-refractivity contribution is 0.0767. The summed E-state index contributed by atoms with van der Waals surface area (Å²) >= 11 is 0. The summed E-state index contributed by atoms with van der Waals surface area (Å²) in [7, 11) is 0. The summed E-state index contributed by atoms with van der Waals surface area (Å²) in [6.07, 6.45) is 3.63. The van der Waals surface area contributed by atoms with Crippen molar-refractivity contribution in [3.05, 3.63) is 17.5 Å². The average molecular weight is 276 g/mol. The highest BCUT2D eigenvalue weighted by Crippen LogP contribution is 2.17. The molecule has 5 heteroatoms. The first-order valence-corrected chi connectivity index (χ1v) is 7.55. The fourth-order valence-corrected chi connectivity index (χ4v) is 2.57. The SMILES string of the molecule is CCN(CC)C(=O)c1cc(C)nc(N2CCCCC2)n1. The van der Waals surface area contributed by atoms with Crippen molar-refractivity contribution in [2.45, 2.75) is 40.0 Å². The molecule has 0 N–H and O–H groups in total. The molecule has 0 bridgehead atoms. The van der Waals surface area contributed by atoms with Gasteiger partial charge >= 0.3 is 0 Å². The van der Waals surface area contributed by atoms with E-state index >= 15 is 0 Å². The molecule has 1 saturated heterocycles. The summed E-state index contributed by atoms with van der Waals surface area (Å²) in [4.78, 5) is 25.4. The number of aryl methyl sites for hydroxylation is 1. The number of hydrogen-bond donors (Lipinski definition) is 0. The van der Waals surface area contributed by atoms with Crippen LogP contribution < -0.4 is 4.90 Å². The normalized spacial score (nSPS) is 15.2. The Morgan fingerprint density at radius 2 is 1.85 bits per heavy atom. The molecule has 1 aliphatic rings. The summed E-state index contributed by atoms with van der Waals surface area (Å²) in [6.45, 7) is 9.29. The maximum Gasteiger partial charge on any atom is 0.272 e. The molecule has 0 radical (unpaired) electrons. The van der Waals surface area contributed by atoms with Crippen LogP contribution in [0, 0.1) is 6.92 Å². The zero-order valence-electron chi connectivity index (χ0n) is 12.7. The predicted octanol–water partition coefficient (Wildman–Crippen LogP) is 2.26. The van der Waals surface area contributed by atoms with Crippen LogP contribution in [0.1, 0.15) is 49.3 Å². The summed E-state index contributed by atoms with van der Waals surface area (Å²) in [5, 5.41) is 0. The molecule has 2 rings (SSSR count). The Labute approximate surface area is 121 Å². The van der Waals surface area contributed by atoms with Crippen LogP contribution in [0.4, 0.5) is 5.95 Å². The summed E-state index contributed by atoms with van der Waals surface area (Å²) in [5.74, 6) is 0.707. The first-order valence-electron chi connectivity index (χ1n) is 7.55. The monoisotopic (exact) mass is 276 g/mol. The Kier molecular flexibility index (Phi) is 4.93. The van der Waals surface area contributed by atoms with E-state index in [0.29, 0.717) is 24.7 Å². The van der Waals surface area contributed by atoms with Crippen LogP contribution in [0.5, 0.6) is 0 Å². The van der Waals surface area contributed by atoms with Crippen LogP contribution in [-0.2, 0) is 0 Å². The molecule has 0 atom stereocenters. The molecule has 1 aromatic heterocycles. The predicted molar refractivity (Wildman–Crippen MR) is 80.1 cm³/mol. The Morgan fingerprint density at radius 3 is 2.45 bits per heavy atom. The smallest absolute Gasteiger partial charge is 0.272 e. The van der Waals surface area contributed by atoms with Crippen molar-refractivity contribution in [1.82, 2.24) is 14.9 Å². The second-order valence-electron chi connectivity index (χ2n) is 5.22. The van der Waals surface area contributed by atoms with Crippen LogP contribution in [0.3, 0.4) is 0 Å². The largest absolute Gasteiger partial charge is 0.341 e. The van der Waals surface area contributed by atoms with Gasteiger partial charge in [0.05, 0.1) is 0 Å². The Balaban J connectivity index is 2.25. The fraction of sp³-hybridized carbons (Fsp3) is 0.667. The van der Waals surface area contributed by atoms with Crippen molar-refractivity contribution in [1.29, 1.82) is 0 Å². The van der Waals surface area contributed by atoms with Gasteiger partial charge in [0.15, 0.2) is 0 Å². The van der Waals surface area contributed by atoms with E-state index in [0.717, 1.165) is 18.8 Å². The minimum Gasteiger partial charge on any atom is -0.341 e. The van der Waals surface area contributed by atoms with Gasteiger partial charge in [-0.3, -0.25) is 4.79 Å². The average Bonchev–Trinajstić information content (AvgIpc) is 2.48. The van der Waals surface area contributed by atoms with Gasteiger partial charge in [-0.15, -0.1) is 0 Å². The summed E-state index contributed by atoms with van der Waals surface area (Å²) in [6, 6.07) is 1.79. The molecule has 0 saturated carbocycles. The van der Waals surface area contributed by atoms with Gasteiger partial charge in [-0.05, 0) is 46.1 Å². The molecule has 0 aliphatic carbocycles. The van der Waals surface area contributed by atoms with Crippen LogP contribution in [0.25, 0.3) is 0 Å². The zero-order chi connectivity index (χ0) is 14.5. The highest BCUT2D eigenvalue weighted by Gasteiger charge is 2.19. The van der Waals surface area contributed by atoms with Gasteiger partial charge in [-0.25, -0.2) is 9.97 Å². The minimum atomic E-state index is -0.00115. The third kappa shape index (κ3) is 3.26. The van der Waals surface area contributed by atoms with Crippen molar-refractivity contribution in [2.24, 2.45) is 0 Å². The number of hydrogen-bond acceptors (Lipinski definition) is 4. The fourth-order valence-electron chi connectivity index (χ4n) is 2.57. The van der Waals surface area contributed by atoms with E-state index in [1.807, 2.05) is 20.8 Å². The van der Waals surface area contributed by atoms with Crippen molar-refractivity contribution >= 4 is 11.9 Å². The van der Waals surface area contributed by atoms with E-state index in [9.17, 15) is 4.79 Å². The molecule has 1 amide bonds. The van der Waals surface area contributed by atoms with Crippen molar-refractivity contribution in [3.63, 3.8) is 0 Å². The molecule has 1 fully saturated rings. The lowest BCUT2D eigenvalue weighted by atomic mass is 10.1. The Hall–Kier alpha value is -1.65. The van der Waals surface area contributed by atoms with E-state index < -0.39 is 0 Å². The first kappa shape index (κ1) is 14.8. The van der Waals surface area contributed by atoms with E-state index in [1.54, 1.807) is 11.0 Å². The third-order valence-corrected chi connectivity index (χ3v) is 3.75. The van der Waals surface area contributed by atoms with E-state index in [4.69, 9.17) is 0 Å². The molecule has 1 aromatic rings. The second kappa shape index (κ2) is 6.68. The quantitative estimate of drug-likeness (QED) is 0.846. The molecular formula is C15H24N4O. The highest BCUT2D eigenvalue weighted by atomic mass is 16.2. The minimum absolute atomic E-state index is 0.00115. The van der Waals surface area contributed by atoms with Gasteiger partial charge in [0.25, 0.3) is 5.91 Å². The van der Waals surface area contributed by atoms with Gasteiger partial charge in [0.1, 0.15) is 5.69 Å². The number of aromatic nitrogens is 2. The highest BCUT2D eigenvalue weighted by molar-refractivity contribution is 5.92. The molecule has 0 spiro atoms. The number of piperidine rings is 1. The molecular weight excluding hydrogens is 252 g/mol. The number of amides is 1. The second-order valence-corrected chi connectivity index (χ2v) is 5.22. The number of rotatable bonds is 4. The standard InChI is InChI=1S/C15H24N4O/c1-4-18(5-2)14(20)13-11-12(3)16-15(17-13)19-9-7-6-8-10-19/h11H,4-10H2,1-3H3. The van der Waals surface area contributed by atoms with Crippen LogP contribution in [-0.4, -0.2) is 47.0 Å². The topological polar surface area (TPSA) is 49.3 Å². The molecule has 0 aromatic carbocycles. The molecule has 20 heavy (non-hydrogen) atoms. The van der Waals surface area contributed by atoms with Gasteiger partial charge in [0, 0.05) is 31.9 Å². The molecule has 0 unspecified atom stereocenters.